The van der Waals surface area contributed by atoms with E-state index >= 15 is 0 Å². The van der Waals surface area contributed by atoms with Gasteiger partial charge in [-0.05, 0) is 52.8 Å². The number of hydrogen-bond donors (Lipinski definition) is 2. The van der Waals surface area contributed by atoms with Crippen molar-refractivity contribution in [3.05, 3.63) is 73.1 Å². The lowest BCUT2D eigenvalue weighted by molar-refractivity contribution is 0.251. The minimum absolute atomic E-state index is 0.141. The van der Waals surface area contributed by atoms with E-state index < -0.39 is 6.03 Å². The van der Waals surface area contributed by atoms with Crippen LogP contribution in [0.3, 0.4) is 0 Å². The lowest BCUT2D eigenvalue weighted by Gasteiger charge is -2.20. The number of carbonyl (C=O) groups is 1. The molecular formula is C23H20N8O3. The van der Waals surface area contributed by atoms with E-state index in [1.807, 2.05) is 65.2 Å². The highest BCUT2D eigenvalue weighted by Crippen LogP contribution is 2.30. The van der Waals surface area contributed by atoms with Gasteiger partial charge in [-0.3, -0.25) is 14.5 Å². The molecule has 5 aromatic rings. The number of aromatic nitrogens is 5. The Morgan fingerprint density at radius 1 is 1.06 bits per heavy atom. The van der Waals surface area contributed by atoms with E-state index in [4.69, 9.17) is 20.8 Å². The molecule has 0 radical (unpaired) electrons. The average molecular weight is 456 g/mol. The summed E-state index contributed by atoms with van der Waals surface area (Å²) in [7, 11) is 0. The number of benzene rings is 2. The van der Waals surface area contributed by atoms with Crippen LogP contribution in [-0.2, 0) is 0 Å². The standard InChI is InChI=1S/C23H20N8O3/c24-21-20(28-34-29-21)22-27-18-14-26-11-10-19(18)31(22)16-6-8-17(9-7-16)33-13-12-30(23(25)32)15-4-2-1-3-5-15/h1-11,14H,12-13H2,(H2,24,29)(H2,25,32). The molecule has 3 aromatic heterocycles. The molecule has 0 aliphatic heterocycles. The number of nitrogens with two attached hydrogens (primary N) is 2. The van der Waals surface area contributed by atoms with Crippen LogP contribution in [0.15, 0.2) is 77.7 Å². The van der Waals surface area contributed by atoms with Gasteiger partial charge in [0.15, 0.2) is 17.3 Å². The molecule has 0 bridgehead atoms. The first-order valence-corrected chi connectivity index (χ1v) is 10.4. The van der Waals surface area contributed by atoms with Gasteiger partial charge in [-0.2, -0.15) is 0 Å². The normalized spacial score (nSPS) is 10.9. The highest BCUT2D eigenvalue weighted by atomic mass is 16.6. The lowest BCUT2D eigenvalue weighted by atomic mass is 10.2. The average Bonchev–Trinajstić information content (AvgIpc) is 3.45. The Balaban J connectivity index is 1.37. The summed E-state index contributed by atoms with van der Waals surface area (Å²) in [6.45, 7) is 0.575. The molecule has 0 fully saturated rings. The number of urea groups is 1. The number of hydrogen-bond acceptors (Lipinski definition) is 8. The molecule has 11 heteroatoms. The van der Waals surface area contributed by atoms with Gasteiger partial charge in [0.1, 0.15) is 17.9 Å². The summed E-state index contributed by atoms with van der Waals surface area (Å²) in [5.41, 5.74) is 14.8. The number of imidazole rings is 1. The molecule has 0 saturated carbocycles. The fourth-order valence-electron chi connectivity index (χ4n) is 3.62. The minimum Gasteiger partial charge on any atom is -0.492 e. The molecule has 34 heavy (non-hydrogen) atoms. The van der Waals surface area contributed by atoms with Crippen molar-refractivity contribution >= 4 is 28.6 Å². The Kier molecular flexibility index (Phi) is 5.48. The zero-order valence-corrected chi connectivity index (χ0v) is 17.9. The van der Waals surface area contributed by atoms with Crippen LogP contribution in [0, 0.1) is 0 Å². The van der Waals surface area contributed by atoms with Gasteiger partial charge in [0, 0.05) is 17.6 Å². The molecule has 11 nitrogen and oxygen atoms in total. The molecule has 3 heterocycles. The number of ether oxygens (including phenoxy) is 1. The lowest BCUT2D eigenvalue weighted by Crippen LogP contribution is -2.38. The maximum atomic E-state index is 11.8. The zero-order chi connectivity index (χ0) is 23.5. The van der Waals surface area contributed by atoms with Crippen LogP contribution in [0.25, 0.3) is 28.2 Å². The van der Waals surface area contributed by atoms with E-state index in [0.29, 0.717) is 35.0 Å². The molecule has 2 aromatic carbocycles. The fraction of sp³-hybridized carbons (Fsp3) is 0.0870. The molecule has 2 amide bonds. The van der Waals surface area contributed by atoms with E-state index in [0.717, 1.165) is 11.2 Å². The monoisotopic (exact) mass is 456 g/mol. The Morgan fingerprint density at radius 2 is 1.85 bits per heavy atom. The van der Waals surface area contributed by atoms with Crippen molar-refractivity contribution in [2.75, 3.05) is 23.8 Å². The van der Waals surface area contributed by atoms with Gasteiger partial charge < -0.3 is 16.2 Å². The summed E-state index contributed by atoms with van der Waals surface area (Å²) in [4.78, 5) is 22.0. The maximum absolute atomic E-state index is 11.8. The Labute approximate surface area is 193 Å². The molecule has 0 aliphatic carbocycles. The Bertz CT molecular complexity index is 1430. The highest BCUT2D eigenvalue weighted by molar-refractivity contribution is 5.90. The number of para-hydroxylation sites is 1. The first kappa shape index (κ1) is 20.9. The summed E-state index contributed by atoms with van der Waals surface area (Å²) in [6.07, 6.45) is 3.34. The third kappa shape index (κ3) is 3.97. The number of nitrogens with zero attached hydrogens (tertiary/aromatic N) is 6. The predicted molar refractivity (Wildman–Crippen MR) is 125 cm³/mol. The van der Waals surface area contributed by atoms with Crippen LogP contribution in [-0.4, -0.2) is 44.0 Å². The van der Waals surface area contributed by atoms with Crippen LogP contribution in [0.2, 0.25) is 0 Å². The van der Waals surface area contributed by atoms with Crippen molar-refractivity contribution in [1.29, 1.82) is 0 Å². The van der Waals surface area contributed by atoms with E-state index in [2.05, 4.69) is 20.3 Å². The van der Waals surface area contributed by atoms with Crippen molar-refractivity contribution in [3.63, 3.8) is 0 Å². The quantitative estimate of drug-likeness (QED) is 0.379. The Morgan fingerprint density at radius 3 is 2.56 bits per heavy atom. The number of fused-ring (bicyclic) bond motifs is 1. The van der Waals surface area contributed by atoms with Crippen LogP contribution in [0.5, 0.6) is 5.75 Å². The molecule has 0 spiro atoms. The van der Waals surface area contributed by atoms with Crippen molar-refractivity contribution in [3.8, 4) is 23.0 Å². The number of carbonyl (C=O) groups excluding carboxylic acids is 1. The van der Waals surface area contributed by atoms with Crippen LogP contribution < -0.4 is 21.1 Å². The number of anilines is 2. The number of amides is 2. The van der Waals surface area contributed by atoms with Crippen molar-refractivity contribution < 1.29 is 14.2 Å². The van der Waals surface area contributed by atoms with Gasteiger partial charge in [0.2, 0.25) is 0 Å². The van der Waals surface area contributed by atoms with Gasteiger partial charge in [-0.15, -0.1) is 0 Å². The van der Waals surface area contributed by atoms with E-state index in [1.165, 1.54) is 4.90 Å². The molecule has 0 saturated heterocycles. The third-order valence-electron chi connectivity index (χ3n) is 5.19. The maximum Gasteiger partial charge on any atom is 0.319 e. The first-order chi connectivity index (χ1) is 16.6. The SMILES string of the molecule is NC(=O)N(CCOc1ccc(-n2c(-c3nonc3N)nc3cnccc32)cc1)c1ccccc1. The largest absolute Gasteiger partial charge is 0.492 e. The first-order valence-electron chi connectivity index (χ1n) is 10.4. The zero-order valence-electron chi connectivity index (χ0n) is 17.9. The smallest absolute Gasteiger partial charge is 0.319 e. The number of primary amides is 1. The van der Waals surface area contributed by atoms with Gasteiger partial charge in [0.05, 0.1) is 18.3 Å². The number of pyridine rings is 1. The van der Waals surface area contributed by atoms with Gasteiger partial charge in [-0.1, -0.05) is 18.2 Å². The molecule has 4 N–H and O–H groups in total. The van der Waals surface area contributed by atoms with Gasteiger partial charge >= 0.3 is 6.03 Å². The summed E-state index contributed by atoms with van der Waals surface area (Å²) < 4.78 is 12.5. The van der Waals surface area contributed by atoms with Crippen LogP contribution in [0.4, 0.5) is 16.3 Å². The van der Waals surface area contributed by atoms with Crippen molar-refractivity contribution in [2.45, 2.75) is 0 Å². The molecule has 0 unspecified atom stereocenters. The summed E-state index contributed by atoms with van der Waals surface area (Å²) in [5.74, 6) is 1.26. The predicted octanol–water partition coefficient (Wildman–Crippen LogP) is 3.02. The van der Waals surface area contributed by atoms with Crippen LogP contribution >= 0.6 is 0 Å². The van der Waals surface area contributed by atoms with Crippen molar-refractivity contribution in [2.24, 2.45) is 5.73 Å². The summed E-state index contributed by atoms with van der Waals surface area (Å²) in [6, 6.07) is 17.9. The minimum atomic E-state index is -0.541. The van der Waals surface area contributed by atoms with Gasteiger partial charge in [0.25, 0.3) is 0 Å². The molecule has 5 rings (SSSR count). The van der Waals surface area contributed by atoms with E-state index in [-0.39, 0.29) is 12.4 Å². The second kappa shape index (κ2) is 8.90. The molecular weight excluding hydrogens is 436 g/mol. The van der Waals surface area contributed by atoms with Crippen molar-refractivity contribution in [1.82, 2.24) is 24.8 Å². The third-order valence-corrected chi connectivity index (χ3v) is 5.19. The van der Waals surface area contributed by atoms with E-state index in [1.54, 1.807) is 12.4 Å². The fourth-order valence-corrected chi connectivity index (χ4v) is 3.62. The molecule has 0 aliphatic rings. The van der Waals surface area contributed by atoms with Crippen LogP contribution in [0.1, 0.15) is 0 Å². The highest BCUT2D eigenvalue weighted by Gasteiger charge is 2.20. The Hall–Kier alpha value is -4.93. The summed E-state index contributed by atoms with van der Waals surface area (Å²) >= 11 is 0. The second-order valence-corrected chi connectivity index (χ2v) is 7.30. The van der Waals surface area contributed by atoms with Gasteiger partial charge in [-0.25, -0.2) is 14.4 Å². The molecule has 0 atom stereocenters. The topological polar surface area (TPSA) is 151 Å². The molecule has 170 valence electrons. The summed E-state index contributed by atoms with van der Waals surface area (Å²) in [5, 5.41) is 7.56. The number of rotatable bonds is 7. The second-order valence-electron chi connectivity index (χ2n) is 7.30. The van der Waals surface area contributed by atoms with E-state index in [9.17, 15) is 4.79 Å². The number of nitrogen functional groups attached to an aromatic ring is 1.